The smallest absolute Gasteiger partial charge is 0.248 e. The fourth-order valence-electron chi connectivity index (χ4n) is 3.78. The van der Waals surface area contributed by atoms with Crippen LogP contribution < -0.4 is 15.4 Å². The van der Waals surface area contributed by atoms with E-state index in [0.717, 1.165) is 28.6 Å². The number of hydrogen-bond acceptors (Lipinski definition) is 7. The van der Waals surface area contributed by atoms with Crippen molar-refractivity contribution < 1.29 is 14.3 Å². The van der Waals surface area contributed by atoms with Crippen molar-refractivity contribution in [2.75, 3.05) is 44.5 Å². The number of aromatic nitrogens is 2. The number of carbonyl (C=O) groups excluding carboxylic acids is 1. The van der Waals surface area contributed by atoms with Crippen molar-refractivity contribution >= 4 is 34.0 Å². The first-order chi connectivity index (χ1) is 16.9. The summed E-state index contributed by atoms with van der Waals surface area (Å²) >= 11 is 0. The quantitative estimate of drug-likeness (QED) is 0.381. The van der Waals surface area contributed by atoms with Crippen molar-refractivity contribution in [1.82, 2.24) is 14.9 Å². The van der Waals surface area contributed by atoms with E-state index in [2.05, 4.69) is 26.5 Å². The highest BCUT2D eigenvalue weighted by Gasteiger charge is 2.20. The molecule has 1 atom stereocenters. The lowest BCUT2D eigenvalue weighted by Gasteiger charge is -2.18. The molecule has 3 aromatic rings. The molecule has 1 aliphatic rings. The van der Waals surface area contributed by atoms with Crippen LogP contribution in [0.15, 0.2) is 48.8 Å². The molecule has 35 heavy (non-hydrogen) atoms. The molecule has 1 aromatic heterocycles. The van der Waals surface area contributed by atoms with E-state index in [0.29, 0.717) is 42.5 Å². The van der Waals surface area contributed by atoms with E-state index < -0.39 is 0 Å². The van der Waals surface area contributed by atoms with Gasteiger partial charge >= 0.3 is 0 Å². The molecule has 1 amide bonds. The van der Waals surface area contributed by atoms with Crippen molar-refractivity contribution in [2.45, 2.75) is 19.4 Å². The van der Waals surface area contributed by atoms with Crippen molar-refractivity contribution in [3.05, 3.63) is 59.9 Å². The summed E-state index contributed by atoms with van der Waals surface area (Å²) in [4.78, 5) is 23.5. The van der Waals surface area contributed by atoms with Gasteiger partial charge in [-0.1, -0.05) is 12.0 Å². The zero-order chi connectivity index (χ0) is 24.8. The monoisotopic (exact) mass is 471 g/mol. The van der Waals surface area contributed by atoms with Crippen LogP contribution in [0.4, 0.5) is 17.2 Å². The first-order valence-electron chi connectivity index (χ1n) is 11.4. The van der Waals surface area contributed by atoms with Crippen LogP contribution in [0.2, 0.25) is 0 Å². The number of nitrogens with one attached hydrogen (secondary N) is 2. The predicted molar refractivity (Wildman–Crippen MR) is 138 cm³/mol. The zero-order valence-electron chi connectivity index (χ0n) is 20.2. The van der Waals surface area contributed by atoms with E-state index in [1.165, 1.54) is 12.4 Å². The largest absolute Gasteiger partial charge is 0.486 e. The van der Waals surface area contributed by atoms with Crippen LogP contribution >= 0.6 is 0 Å². The second kappa shape index (κ2) is 11.0. The van der Waals surface area contributed by atoms with Crippen LogP contribution in [0.1, 0.15) is 17.5 Å². The number of terminal acetylenes is 1. The Hall–Kier alpha value is -3.93. The van der Waals surface area contributed by atoms with Crippen LogP contribution in [-0.2, 0) is 9.53 Å². The standard InChI is InChI=1S/C27H29N5O3/c1-5-19-11-18(2)12-20(13-19)30-27-22-14-24(31-26(33)7-6-9-32(3)4)25(15-23(22)28-17-29-27)35-21-8-10-34-16-21/h1,6-7,11-15,17,21H,8-10,16H2,2-4H3,(H,31,33)(H,28,29,30). The fourth-order valence-corrected chi connectivity index (χ4v) is 3.78. The van der Waals surface area contributed by atoms with Crippen LogP contribution in [0.5, 0.6) is 5.75 Å². The van der Waals surface area contributed by atoms with Crippen LogP contribution in [-0.4, -0.2) is 60.7 Å². The van der Waals surface area contributed by atoms with Gasteiger partial charge in [-0.05, 0) is 50.8 Å². The van der Waals surface area contributed by atoms with Gasteiger partial charge in [0.2, 0.25) is 5.91 Å². The lowest BCUT2D eigenvalue weighted by molar-refractivity contribution is -0.111. The third-order valence-electron chi connectivity index (χ3n) is 5.42. The summed E-state index contributed by atoms with van der Waals surface area (Å²) in [7, 11) is 3.88. The molecule has 8 nitrogen and oxygen atoms in total. The highest BCUT2D eigenvalue weighted by atomic mass is 16.5. The predicted octanol–water partition coefficient (Wildman–Crippen LogP) is 3.89. The molecule has 2 N–H and O–H groups in total. The van der Waals surface area contributed by atoms with Gasteiger partial charge in [0.15, 0.2) is 0 Å². The first kappa shape index (κ1) is 24.2. The van der Waals surface area contributed by atoms with E-state index in [4.69, 9.17) is 15.9 Å². The van der Waals surface area contributed by atoms with E-state index in [-0.39, 0.29) is 12.0 Å². The average molecular weight is 472 g/mol. The van der Waals surface area contributed by atoms with Gasteiger partial charge in [0.25, 0.3) is 0 Å². The normalized spacial score (nSPS) is 15.5. The minimum absolute atomic E-state index is 0.0821. The molecule has 0 saturated carbocycles. The third kappa shape index (κ3) is 6.35. The lowest BCUT2D eigenvalue weighted by atomic mass is 10.1. The van der Waals surface area contributed by atoms with Crippen LogP contribution in [0.3, 0.4) is 0 Å². The summed E-state index contributed by atoms with van der Waals surface area (Å²) in [5.41, 5.74) is 3.85. The summed E-state index contributed by atoms with van der Waals surface area (Å²) in [6, 6.07) is 9.47. The Balaban J connectivity index is 1.70. The fraction of sp³-hybridized carbons (Fsp3) is 0.296. The molecule has 180 valence electrons. The van der Waals surface area contributed by atoms with Crippen molar-refractivity contribution in [3.8, 4) is 18.1 Å². The number of anilines is 3. The molecule has 1 saturated heterocycles. The molecule has 1 unspecified atom stereocenters. The molecule has 1 fully saturated rings. The SMILES string of the molecule is C#Cc1cc(C)cc(Nc2ncnc3cc(OC4CCOC4)c(NC(=O)C=CCN(C)C)cc23)c1. The van der Waals surface area contributed by atoms with Crippen LogP contribution in [0, 0.1) is 19.3 Å². The maximum Gasteiger partial charge on any atom is 0.248 e. The van der Waals surface area contributed by atoms with Crippen molar-refractivity contribution in [3.63, 3.8) is 0 Å². The molecule has 0 aliphatic carbocycles. The Kier molecular flexibility index (Phi) is 7.60. The molecule has 2 heterocycles. The summed E-state index contributed by atoms with van der Waals surface area (Å²) in [6.45, 7) is 3.80. The number of hydrogen-bond donors (Lipinski definition) is 2. The average Bonchev–Trinajstić information content (AvgIpc) is 3.32. The maximum absolute atomic E-state index is 12.6. The van der Waals surface area contributed by atoms with Gasteiger partial charge in [-0.3, -0.25) is 4.79 Å². The molecule has 8 heteroatoms. The van der Waals surface area contributed by atoms with E-state index in [9.17, 15) is 4.79 Å². The van der Waals surface area contributed by atoms with Gasteiger partial charge < -0.3 is 25.0 Å². The number of amides is 1. The number of benzene rings is 2. The van der Waals surface area contributed by atoms with Gasteiger partial charge in [0.1, 0.15) is 24.0 Å². The Bertz CT molecular complexity index is 1290. The molecule has 0 radical (unpaired) electrons. The van der Waals surface area contributed by atoms with Gasteiger partial charge in [-0.2, -0.15) is 0 Å². The summed E-state index contributed by atoms with van der Waals surface area (Å²) in [6.07, 6.45) is 11.1. The molecule has 0 spiro atoms. The summed E-state index contributed by atoms with van der Waals surface area (Å²) in [5.74, 6) is 3.56. The zero-order valence-corrected chi connectivity index (χ0v) is 20.2. The third-order valence-corrected chi connectivity index (χ3v) is 5.42. The number of aryl methyl sites for hydroxylation is 1. The highest BCUT2D eigenvalue weighted by molar-refractivity contribution is 6.03. The van der Waals surface area contributed by atoms with E-state index in [1.807, 2.05) is 56.3 Å². The Labute approximate surface area is 205 Å². The van der Waals surface area contributed by atoms with Crippen molar-refractivity contribution in [1.29, 1.82) is 0 Å². The molecule has 4 rings (SSSR count). The Morgan fingerprint density at radius 1 is 1.29 bits per heavy atom. The van der Waals surface area contributed by atoms with Crippen LogP contribution in [0.25, 0.3) is 10.9 Å². The molecule has 1 aliphatic heterocycles. The number of fused-ring (bicyclic) bond motifs is 1. The molecular weight excluding hydrogens is 442 g/mol. The second-order valence-electron chi connectivity index (χ2n) is 8.70. The lowest BCUT2D eigenvalue weighted by Crippen LogP contribution is -2.18. The highest BCUT2D eigenvalue weighted by Crippen LogP contribution is 2.35. The molecule has 0 bridgehead atoms. The van der Waals surface area contributed by atoms with Gasteiger partial charge in [-0.25, -0.2) is 9.97 Å². The Morgan fingerprint density at radius 3 is 2.89 bits per heavy atom. The second-order valence-corrected chi connectivity index (χ2v) is 8.70. The molecule has 2 aromatic carbocycles. The van der Waals surface area contributed by atoms with E-state index >= 15 is 0 Å². The topological polar surface area (TPSA) is 88.6 Å². The number of rotatable bonds is 8. The minimum atomic E-state index is -0.248. The van der Waals surface area contributed by atoms with Gasteiger partial charge in [-0.15, -0.1) is 6.42 Å². The number of carbonyl (C=O) groups is 1. The van der Waals surface area contributed by atoms with Gasteiger partial charge in [0.05, 0.1) is 24.4 Å². The maximum atomic E-state index is 12.6. The molecular formula is C27H29N5O3. The number of ether oxygens (including phenoxy) is 2. The summed E-state index contributed by atoms with van der Waals surface area (Å²) < 4.78 is 11.6. The summed E-state index contributed by atoms with van der Waals surface area (Å²) in [5, 5.41) is 7.03. The Morgan fingerprint density at radius 2 is 2.14 bits per heavy atom. The van der Waals surface area contributed by atoms with Gasteiger partial charge in [0, 0.05) is 41.7 Å². The number of nitrogens with zero attached hydrogens (tertiary/aromatic N) is 3. The first-order valence-corrected chi connectivity index (χ1v) is 11.4. The van der Waals surface area contributed by atoms with E-state index in [1.54, 1.807) is 6.08 Å². The number of likely N-dealkylation sites (N-methyl/N-ethyl adjacent to an activating group) is 1. The minimum Gasteiger partial charge on any atom is -0.486 e. The van der Waals surface area contributed by atoms with Crippen molar-refractivity contribution in [2.24, 2.45) is 0 Å².